The average Bonchev–Trinajstić information content (AvgIpc) is 2.23. The summed E-state index contributed by atoms with van der Waals surface area (Å²) in [7, 11) is 0. The summed E-state index contributed by atoms with van der Waals surface area (Å²) in [5, 5.41) is 0. The zero-order valence-corrected chi connectivity index (χ0v) is 11.5. The van der Waals surface area contributed by atoms with Gasteiger partial charge in [-0.3, -0.25) is 0 Å². The summed E-state index contributed by atoms with van der Waals surface area (Å²) in [5.74, 6) is 1.64. The highest BCUT2D eigenvalue weighted by molar-refractivity contribution is 9.10. The molecule has 0 saturated heterocycles. The van der Waals surface area contributed by atoms with Crippen LogP contribution in [0, 0.1) is 6.92 Å². The summed E-state index contributed by atoms with van der Waals surface area (Å²) in [6.07, 6.45) is 1.87. The first-order valence-electron chi connectivity index (χ1n) is 5.16. The fourth-order valence-electron chi connectivity index (χ4n) is 1.34. The predicted octanol–water partition coefficient (Wildman–Crippen LogP) is 4.33. The molecular weight excluding hydrogens is 275 g/mol. The number of hydrogen-bond acceptors (Lipinski definition) is 1. The van der Waals surface area contributed by atoms with Gasteiger partial charge >= 0.3 is 0 Å². The third kappa shape index (κ3) is 3.69. The third-order valence-corrected chi connectivity index (χ3v) is 3.38. The monoisotopic (exact) mass is 290 g/mol. The van der Waals surface area contributed by atoms with E-state index in [-0.39, 0.29) is 0 Å². The quantitative estimate of drug-likeness (QED) is 0.579. The van der Waals surface area contributed by atoms with Gasteiger partial charge in [0.25, 0.3) is 0 Å². The molecule has 0 heterocycles. The van der Waals surface area contributed by atoms with Crippen molar-refractivity contribution < 1.29 is 4.74 Å². The van der Waals surface area contributed by atoms with E-state index in [0.29, 0.717) is 12.5 Å². The minimum Gasteiger partial charge on any atom is -0.493 e. The van der Waals surface area contributed by atoms with Gasteiger partial charge in [-0.25, -0.2) is 0 Å². The van der Waals surface area contributed by atoms with E-state index >= 15 is 0 Å². The summed E-state index contributed by atoms with van der Waals surface area (Å²) in [6.45, 7) is 4.89. The Hall–Kier alpha value is -0.210. The molecule has 0 amide bonds. The van der Waals surface area contributed by atoms with Gasteiger partial charge in [-0.05, 0) is 43.0 Å². The topological polar surface area (TPSA) is 9.23 Å². The Bertz CT molecular complexity index is 326. The molecular formula is C12H16BrClO. The first-order chi connectivity index (χ1) is 7.19. The minimum absolute atomic E-state index is 0.650. The number of ether oxygens (including phenoxy) is 1. The molecule has 0 aromatic heterocycles. The van der Waals surface area contributed by atoms with Crippen molar-refractivity contribution in [3.05, 3.63) is 27.7 Å². The Balaban J connectivity index is 2.80. The molecule has 0 aliphatic carbocycles. The van der Waals surface area contributed by atoms with Gasteiger partial charge in [-0.2, -0.15) is 0 Å². The molecule has 0 spiro atoms. The number of rotatable bonds is 5. The van der Waals surface area contributed by atoms with Crippen LogP contribution in [0.4, 0.5) is 0 Å². The molecule has 84 valence electrons. The minimum atomic E-state index is 0.650. The fraction of sp³-hybridized carbons (Fsp3) is 0.500. The lowest BCUT2D eigenvalue weighted by Crippen LogP contribution is -2.01. The van der Waals surface area contributed by atoms with Gasteiger partial charge in [-0.15, -0.1) is 11.6 Å². The zero-order valence-electron chi connectivity index (χ0n) is 9.15. The van der Waals surface area contributed by atoms with Crippen LogP contribution in [0.5, 0.6) is 5.75 Å². The van der Waals surface area contributed by atoms with Crippen LogP contribution in [0.2, 0.25) is 0 Å². The first-order valence-corrected chi connectivity index (χ1v) is 6.49. The third-order valence-electron chi connectivity index (χ3n) is 2.26. The Morgan fingerprint density at radius 3 is 2.73 bits per heavy atom. The summed E-state index contributed by atoms with van der Waals surface area (Å²) in [4.78, 5) is 0. The Labute approximate surface area is 105 Å². The van der Waals surface area contributed by atoms with Crippen LogP contribution in [0.25, 0.3) is 0 Å². The standard InChI is InChI=1S/C12H16BrClO/c1-3-10-8-11(13)9(2)7-12(10)15-6-4-5-14/h7-8H,3-6H2,1-2H3. The summed E-state index contributed by atoms with van der Waals surface area (Å²) >= 11 is 9.14. The highest BCUT2D eigenvalue weighted by Gasteiger charge is 2.05. The van der Waals surface area contributed by atoms with E-state index in [1.165, 1.54) is 11.1 Å². The lowest BCUT2D eigenvalue weighted by Gasteiger charge is -2.12. The Kier molecular flexibility index (Phi) is 5.48. The smallest absolute Gasteiger partial charge is 0.122 e. The van der Waals surface area contributed by atoms with Crippen molar-refractivity contribution in [3.8, 4) is 5.75 Å². The van der Waals surface area contributed by atoms with Gasteiger partial charge in [0, 0.05) is 10.4 Å². The highest BCUT2D eigenvalue weighted by Crippen LogP contribution is 2.27. The lowest BCUT2D eigenvalue weighted by atomic mass is 10.1. The van der Waals surface area contributed by atoms with Crippen LogP contribution in [0.1, 0.15) is 24.5 Å². The second-order valence-corrected chi connectivity index (χ2v) is 4.69. The molecule has 3 heteroatoms. The van der Waals surface area contributed by atoms with E-state index in [2.05, 4.69) is 41.9 Å². The Morgan fingerprint density at radius 1 is 1.40 bits per heavy atom. The predicted molar refractivity (Wildman–Crippen MR) is 69.1 cm³/mol. The van der Waals surface area contributed by atoms with Crippen molar-refractivity contribution in [1.82, 2.24) is 0 Å². The van der Waals surface area contributed by atoms with Gasteiger partial charge in [-0.1, -0.05) is 22.9 Å². The van der Waals surface area contributed by atoms with Crippen molar-refractivity contribution in [2.24, 2.45) is 0 Å². The average molecular weight is 292 g/mol. The van der Waals surface area contributed by atoms with Crippen LogP contribution >= 0.6 is 27.5 Å². The van der Waals surface area contributed by atoms with E-state index < -0.39 is 0 Å². The molecule has 0 bridgehead atoms. The number of alkyl halides is 1. The van der Waals surface area contributed by atoms with Crippen molar-refractivity contribution in [1.29, 1.82) is 0 Å². The molecule has 1 nitrogen and oxygen atoms in total. The normalized spacial score (nSPS) is 10.4. The van der Waals surface area contributed by atoms with Crippen molar-refractivity contribution in [3.63, 3.8) is 0 Å². The van der Waals surface area contributed by atoms with Gasteiger partial charge in [0.15, 0.2) is 0 Å². The highest BCUT2D eigenvalue weighted by atomic mass is 79.9. The molecule has 0 aliphatic rings. The molecule has 0 fully saturated rings. The molecule has 1 aromatic carbocycles. The summed E-state index contributed by atoms with van der Waals surface area (Å²) in [5.41, 5.74) is 2.44. The van der Waals surface area contributed by atoms with Gasteiger partial charge in [0.2, 0.25) is 0 Å². The van der Waals surface area contributed by atoms with Crippen LogP contribution in [0.3, 0.4) is 0 Å². The summed E-state index contributed by atoms with van der Waals surface area (Å²) < 4.78 is 6.84. The number of hydrogen-bond donors (Lipinski definition) is 0. The molecule has 0 saturated carbocycles. The molecule has 0 N–H and O–H groups in total. The SMILES string of the molecule is CCc1cc(Br)c(C)cc1OCCCCl. The maximum Gasteiger partial charge on any atom is 0.122 e. The summed E-state index contributed by atoms with van der Waals surface area (Å²) in [6, 6.07) is 4.21. The maximum atomic E-state index is 5.70. The maximum absolute atomic E-state index is 5.70. The molecule has 1 rings (SSSR count). The number of aryl methyl sites for hydroxylation is 2. The van der Waals surface area contributed by atoms with E-state index in [9.17, 15) is 0 Å². The van der Waals surface area contributed by atoms with Crippen LogP contribution in [-0.2, 0) is 6.42 Å². The first kappa shape index (κ1) is 12.9. The molecule has 0 radical (unpaired) electrons. The van der Waals surface area contributed by atoms with Crippen molar-refractivity contribution in [2.45, 2.75) is 26.7 Å². The van der Waals surface area contributed by atoms with Crippen LogP contribution in [-0.4, -0.2) is 12.5 Å². The molecule has 0 unspecified atom stereocenters. The molecule has 0 atom stereocenters. The largest absolute Gasteiger partial charge is 0.493 e. The van der Waals surface area contributed by atoms with E-state index in [0.717, 1.165) is 23.1 Å². The zero-order chi connectivity index (χ0) is 11.3. The van der Waals surface area contributed by atoms with E-state index in [4.69, 9.17) is 16.3 Å². The van der Waals surface area contributed by atoms with Crippen LogP contribution in [0.15, 0.2) is 16.6 Å². The lowest BCUT2D eigenvalue weighted by molar-refractivity contribution is 0.315. The van der Waals surface area contributed by atoms with E-state index in [1.807, 2.05) is 0 Å². The van der Waals surface area contributed by atoms with Gasteiger partial charge in [0.1, 0.15) is 5.75 Å². The van der Waals surface area contributed by atoms with Gasteiger partial charge in [0.05, 0.1) is 6.61 Å². The fourth-order valence-corrected chi connectivity index (χ4v) is 1.84. The Morgan fingerprint density at radius 2 is 2.13 bits per heavy atom. The van der Waals surface area contributed by atoms with E-state index in [1.54, 1.807) is 0 Å². The van der Waals surface area contributed by atoms with Gasteiger partial charge < -0.3 is 4.74 Å². The second kappa shape index (κ2) is 6.39. The number of benzene rings is 1. The molecule has 15 heavy (non-hydrogen) atoms. The van der Waals surface area contributed by atoms with Crippen LogP contribution < -0.4 is 4.74 Å². The number of halogens is 2. The molecule has 1 aromatic rings. The molecule has 0 aliphatic heterocycles. The van der Waals surface area contributed by atoms with Crippen molar-refractivity contribution >= 4 is 27.5 Å². The second-order valence-electron chi connectivity index (χ2n) is 3.45. The van der Waals surface area contributed by atoms with Crippen molar-refractivity contribution in [2.75, 3.05) is 12.5 Å².